The zero-order chi connectivity index (χ0) is 16.5. The standard InChI is InChI=1S/C17H19N3O3S/c21-15(20-9-10-23-17(20)22)11-19-8-4-3-6-13(19)16-18-12-5-1-2-7-14(12)24-16/h1-2,5,7,13H,3-4,6,8-11H2/p+1/t13-/m0/s1. The van der Waals surface area contributed by atoms with Gasteiger partial charge in [0.05, 0.1) is 23.3 Å². The topological polar surface area (TPSA) is 63.9 Å². The number of para-hydroxylation sites is 1. The van der Waals surface area contributed by atoms with Gasteiger partial charge in [-0.05, 0) is 25.0 Å². The molecule has 2 aliphatic rings. The van der Waals surface area contributed by atoms with Gasteiger partial charge in [-0.3, -0.25) is 4.79 Å². The van der Waals surface area contributed by atoms with Gasteiger partial charge in [0.25, 0.3) is 5.91 Å². The number of nitrogens with one attached hydrogen (secondary N) is 1. The first-order valence-electron chi connectivity index (χ1n) is 8.39. The second-order valence-corrected chi connectivity index (χ2v) is 7.38. The maximum atomic E-state index is 12.5. The van der Waals surface area contributed by atoms with Gasteiger partial charge in [0.15, 0.2) is 11.6 Å². The van der Waals surface area contributed by atoms with Crippen LogP contribution in [0.3, 0.4) is 0 Å². The fraction of sp³-hybridized carbons (Fsp3) is 0.471. The molecule has 126 valence electrons. The van der Waals surface area contributed by atoms with Crippen molar-refractivity contribution in [3.8, 4) is 0 Å². The maximum Gasteiger partial charge on any atom is 0.416 e. The Bertz CT molecular complexity index is 742. The Labute approximate surface area is 144 Å². The molecule has 0 radical (unpaired) electrons. The molecule has 1 unspecified atom stereocenters. The number of nitrogens with zero attached hydrogens (tertiary/aromatic N) is 2. The predicted octanol–water partition coefficient (Wildman–Crippen LogP) is 1.38. The van der Waals surface area contributed by atoms with Crippen LogP contribution in [0.1, 0.15) is 30.3 Å². The molecule has 2 amide bonds. The minimum Gasteiger partial charge on any atom is -0.447 e. The summed E-state index contributed by atoms with van der Waals surface area (Å²) in [4.78, 5) is 31.3. The number of imide groups is 1. The molecular weight excluding hydrogens is 326 g/mol. The molecular formula is C17H20N3O3S+. The van der Waals surface area contributed by atoms with Crippen molar-refractivity contribution in [3.63, 3.8) is 0 Å². The van der Waals surface area contributed by atoms with Crippen LogP contribution in [0.5, 0.6) is 0 Å². The molecule has 2 aromatic rings. The van der Waals surface area contributed by atoms with Gasteiger partial charge < -0.3 is 9.64 Å². The first-order valence-corrected chi connectivity index (χ1v) is 9.21. The Morgan fingerprint density at radius 1 is 1.38 bits per heavy atom. The number of aromatic nitrogens is 1. The molecule has 3 heterocycles. The fourth-order valence-electron chi connectivity index (χ4n) is 3.54. The summed E-state index contributed by atoms with van der Waals surface area (Å²) in [6.45, 7) is 1.95. The molecule has 0 spiro atoms. The number of amides is 2. The highest BCUT2D eigenvalue weighted by Gasteiger charge is 2.36. The minimum absolute atomic E-state index is 0.138. The molecule has 2 saturated heterocycles. The van der Waals surface area contributed by atoms with Crippen molar-refractivity contribution in [1.82, 2.24) is 9.88 Å². The van der Waals surface area contributed by atoms with Gasteiger partial charge in [0, 0.05) is 6.42 Å². The fourth-order valence-corrected chi connectivity index (χ4v) is 4.70. The van der Waals surface area contributed by atoms with Crippen molar-refractivity contribution in [3.05, 3.63) is 29.3 Å². The number of carbonyl (C=O) groups is 2. The van der Waals surface area contributed by atoms with E-state index >= 15 is 0 Å². The van der Waals surface area contributed by atoms with E-state index in [1.165, 1.54) is 14.5 Å². The van der Waals surface area contributed by atoms with Crippen molar-refractivity contribution in [1.29, 1.82) is 0 Å². The summed E-state index contributed by atoms with van der Waals surface area (Å²) in [5, 5.41) is 1.10. The Hall–Kier alpha value is -1.99. The van der Waals surface area contributed by atoms with Crippen LogP contribution in [-0.4, -0.2) is 48.1 Å². The van der Waals surface area contributed by atoms with E-state index in [2.05, 4.69) is 6.07 Å². The number of likely N-dealkylation sites (tertiary alicyclic amines) is 1. The van der Waals surface area contributed by atoms with Gasteiger partial charge in [0.1, 0.15) is 12.6 Å². The maximum absolute atomic E-state index is 12.5. The lowest BCUT2D eigenvalue weighted by Crippen LogP contribution is -3.14. The average Bonchev–Trinajstić information content (AvgIpc) is 3.21. The summed E-state index contributed by atoms with van der Waals surface area (Å²) in [6.07, 6.45) is 2.79. The largest absolute Gasteiger partial charge is 0.447 e. The SMILES string of the molecule is O=C(C[NH+]1CCCC[C@H]1c1nc2ccccc2s1)N1CCOC1=O. The molecule has 0 saturated carbocycles. The van der Waals surface area contributed by atoms with E-state index in [0.717, 1.165) is 36.3 Å². The van der Waals surface area contributed by atoms with Crippen molar-refractivity contribution < 1.29 is 19.2 Å². The number of thiazole rings is 1. The second-order valence-electron chi connectivity index (χ2n) is 6.31. The van der Waals surface area contributed by atoms with Crippen LogP contribution in [0.2, 0.25) is 0 Å². The molecule has 1 aromatic carbocycles. The third kappa shape index (κ3) is 2.89. The molecule has 2 aliphatic heterocycles. The quantitative estimate of drug-likeness (QED) is 0.912. The van der Waals surface area contributed by atoms with E-state index in [1.54, 1.807) is 11.3 Å². The lowest BCUT2D eigenvalue weighted by Gasteiger charge is -2.31. The summed E-state index contributed by atoms with van der Waals surface area (Å²) in [5.74, 6) is -0.138. The molecule has 7 heteroatoms. The van der Waals surface area contributed by atoms with Crippen LogP contribution >= 0.6 is 11.3 Å². The summed E-state index contributed by atoms with van der Waals surface area (Å²) < 4.78 is 6.06. The van der Waals surface area contributed by atoms with Gasteiger partial charge in [-0.15, -0.1) is 11.3 Å². The van der Waals surface area contributed by atoms with Crippen LogP contribution < -0.4 is 4.90 Å². The van der Waals surface area contributed by atoms with Crippen LogP contribution in [0, 0.1) is 0 Å². The highest BCUT2D eigenvalue weighted by molar-refractivity contribution is 7.18. The number of hydrogen-bond acceptors (Lipinski definition) is 5. The number of ether oxygens (including phenoxy) is 1. The highest BCUT2D eigenvalue weighted by Crippen LogP contribution is 2.28. The van der Waals surface area contributed by atoms with Crippen LogP contribution in [0.15, 0.2) is 24.3 Å². The van der Waals surface area contributed by atoms with E-state index < -0.39 is 6.09 Å². The van der Waals surface area contributed by atoms with E-state index in [0.29, 0.717) is 19.7 Å². The van der Waals surface area contributed by atoms with Gasteiger partial charge >= 0.3 is 6.09 Å². The number of carbonyl (C=O) groups excluding carboxylic acids is 2. The Morgan fingerprint density at radius 3 is 3.04 bits per heavy atom. The van der Waals surface area contributed by atoms with Crippen molar-refractivity contribution in [2.24, 2.45) is 0 Å². The van der Waals surface area contributed by atoms with Crippen LogP contribution in [-0.2, 0) is 9.53 Å². The monoisotopic (exact) mass is 346 g/mol. The molecule has 0 bridgehead atoms. The minimum atomic E-state index is -0.507. The smallest absolute Gasteiger partial charge is 0.416 e. The summed E-state index contributed by atoms with van der Waals surface area (Å²) in [7, 11) is 0. The van der Waals surface area contributed by atoms with Gasteiger partial charge in [0.2, 0.25) is 0 Å². The lowest BCUT2D eigenvalue weighted by molar-refractivity contribution is -0.929. The molecule has 2 atom stereocenters. The van der Waals surface area contributed by atoms with E-state index in [-0.39, 0.29) is 11.9 Å². The molecule has 24 heavy (non-hydrogen) atoms. The highest BCUT2D eigenvalue weighted by atomic mass is 32.1. The zero-order valence-corrected chi connectivity index (χ0v) is 14.2. The molecule has 0 aliphatic carbocycles. The number of piperidine rings is 1. The molecule has 1 aromatic heterocycles. The van der Waals surface area contributed by atoms with Gasteiger partial charge in [-0.2, -0.15) is 0 Å². The number of fused-ring (bicyclic) bond motifs is 1. The number of quaternary nitrogens is 1. The lowest BCUT2D eigenvalue weighted by atomic mass is 10.0. The van der Waals surface area contributed by atoms with E-state index in [1.807, 2.05) is 18.2 Å². The third-order valence-corrected chi connectivity index (χ3v) is 5.93. The van der Waals surface area contributed by atoms with Crippen molar-refractivity contribution in [2.75, 3.05) is 26.2 Å². The molecule has 2 fully saturated rings. The second kappa shape index (κ2) is 6.49. The summed E-state index contributed by atoms with van der Waals surface area (Å²) >= 11 is 1.72. The molecule has 6 nitrogen and oxygen atoms in total. The normalized spacial score (nSPS) is 24.3. The number of cyclic esters (lactones) is 1. The predicted molar refractivity (Wildman–Crippen MR) is 90.0 cm³/mol. The average molecular weight is 346 g/mol. The summed E-state index contributed by atoms with van der Waals surface area (Å²) in [6, 6.07) is 8.38. The third-order valence-electron chi connectivity index (χ3n) is 4.78. The molecule has 4 rings (SSSR count). The van der Waals surface area contributed by atoms with Gasteiger partial charge in [-0.25, -0.2) is 14.7 Å². The zero-order valence-electron chi connectivity index (χ0n) is 13.4. The van der Waals surface area contributed by atoms with E-state index in [9.17, 15) is 9.59 Å². The van der Waals surface area contributed by atoms with Crippen molar-refractivity contribution in [2.45, 2.75) is 25.3 Å². The number of hydrogen-bond donors (Lipinski definition) is 1. The van der Waals surface area contributed by atoms with Crippen LogP contribution in [0.25, 0.3) is 10.2 Å². The summed E-state index contributed by atoms with van der Waals surface area (Å²) in [5.41, 5.74) is 1.02. The Morgan fingerprint density at radius 2 is 2.25 bits per heavy atom. The number of rotatable bonds is 3. The molecule has 1 N–H and O–H groups in total. The first kappa shape index (κ1) is 15.5. The number of benzene rings is 1. The van der Waals surface area contributed by atoms with Crippen LogP contribution in [0.4, 0.5) is 4.79 Å². The Kier molecular flexibility index (Phi) is 4.20. The first-order chi connectivity index (χ1) is 11.7. The van der Waals surface area contributed by atoms with E-state index in [4.69, 9.17) is 9.72 Å². The van der Waals surface area contributed by atoms with Gasteiger partial charge in [-0.1, -0.05) is 12.1 Å². The Balaban J connectivity index is 1.54. The van der Waals surface area contributed by atoms with Crippen molar-refractivity contribution >= 4 is 33.6 Å².